The molecule has 0 aliphatic carbocycles. The lowest BCUT2D eigenvalue weighted by molar-refractivity contribution is -0.154. The molecule has 3 saturated heterocycles. The lowest BCUT2D eigenvalue weighted by atomic mass is 9.70. The van der Waals surface area contributed by atoms with Gasteiger partial charge in [-0.25, -0.2) is 0 Å². The van der Waals surface area contributed by atoms with Gasteiger partial charge in [-0.1, -0.05) is 34.1 Å². The van der Waals surface area contributed by atoms with Crippen LogP contribution in [-0.4, -0.2) is 76.7 Å². The molecule has 1 spiro atoms. The van der Waals surface area contributed by atoms with E-state index >= 15 is 0 Å². The molecule has 9 heteroatoms. The Balaban J connectivity index is 1.78. The van der Waals surface area contributed by atoms with E-state index in [9.17, 15) is 19.5 Å². The van der Waals surface area contributed by atoms with E-state index in [0.29, 0.717) is 25.8 Å². The molecule has 0 aromatic heterocycles. The average molecular weight is 578 g/mol. The van der Waals surface area contributed by atoms with Crippen molar-refractivity contribution in [2.45, 2.75) is 69.0 Å². The van der Waals surface area contributed by atoms with Crippen molar-refractivity contribution in [1.29, 1.82) is 0 Å². The average Bonchev–Trinajstić information content (AvgIpc) is 3.45. The van der Waals surface area contributed by atoms with Crippen LogP contribution in [0.2, 0.25) is 0 Å². The van der Waals surface area contributed by atoms with Crippen molar-refractivity contribution in [2.75, 3.05) is 31.2 Å². The number of unbranched alkanes of at least 4 members (excludes halogenated alkanes) is 2. The van der Waals surface area contributed by atoms with E-state index in [4.69, 9.17) is 9.47 Å². The number of carbonyl (C=O) groups excluding carboxylic acids is 3. The highest BCUT2D eigenvalue weighted by atomic mass is 79.9. The minimum atomic E-state index is -1.13. The van der Waals surface area contributed by atoms with Gasteiger partial charge in [-0.2, -0.15) is 0 Å². The van der Waals surface area contributed by atoms with Gasteiger partial charge in [-0.3, -0.25) is 14.4 Å². The molecule has 37 heavy (non-hydrogen) atoms. The summed E-state index contributed by atoms with van der Waals surface area (Å²) in [5.74, 6) is -2.47. The standard InChI is InChI=1S/C28H37BrN2O6/c1-5-12-30(20-15-17(3)10-11-18(20)4)26(34)24-28-16-19(29)23(37-28)21(27(35)36-6-2)22(28)25(33)31(24)13-8-7-9-14-32/h5,10-11,15,19,21-24,32H,1,6-9,12-14,16H2,2-4H3/t19?,21-,22-,23-,24?,28?/m0/s1. The van der Waals surface area contributed by atoms with Crippen LogP contribution in [0.4, 0.5) is 5.69 Å². The van der Waals surface area contributed by atoms with Crippen molar-refractivity contribution in [3.05, 3.63) is 42.0 Å². The van der Waals surface area contributed by atoms with Gasteiger partial charge in [0.25, 0.3) is 5.91 Å². The number of amides is 2. The number of fused-ring (bicyclic) bond motifs is 1. The molecule has 3 aliphatic rings. The number of likely N-dealkylation sites (tertiary alicyclic amines) is 1. The van der Waals surface area contributed by atoms with E-state index in [2.05, 4.69) is 22.5 Å². The summed E-state index contributed by atoms with van der Waals surface area (Å²) in [6.45, 7) is 10.4. The topological polar surface area (TPSA) is 96.4 Å². The Hall–Kier alpha value is -2.23. The predicted molar refractivity (Wildman–Crippen MR) is 143 cm³/mol. The molecule has 1 aromatic rings. The maximum atomic E-state index is 14.5. The Kier molecular flexibility index (Phi) is 8.45. The zero-order valence-electron chi connectivity index (χ0n) is 21.8. The molecule has 3 unspecified atom stereocenters. The predicted octanol–water partition coefficient (Wildman–Crippen LogP) is 3.30. The number of alkyl halides is 1. The van der Waals surface area contributed by atoms with Crippen LogP contribution in [0.25, 0.3) is 0 Å². The molecule has 0 radical (unpaired) electrons. The molecule has 3 aliphatic heterocycles. The summed E-state index contributed by atoms with van der Waals surface area (Å²) in [6, 6.07) is 5.06. The minimum absolute atomic E-state index is 0.0730. The Bertz CT molecular complexity index is 1060. The Morgan fingerprint density at radius 3 is 2.76 bits per heavy atom. The molecule has 3 fully saturated rings. The van der Waals surface area contributed by atoms with E-state index in [-0.39, 0.29) is 36.4 Å². The van der Waals surface area contributed by atoms with Crippen molar-refractivity contribution in [1.82, 2.24) is 4.90 Å². The third-order valence-corrected chi connectivity index (χ3v) is 8.72. The van der Waals surface area contributed by atoms with Crippen LogP contribution in [-0.2, 0) is 23.9 Å². The van der Waals surface area contributed by atoms with Crippen LogP contribution in [0.15, 0.2) is 30.9 Å². The number of hydrogen-bond donors (Lipinski definition) is 1. The molecule has 2 bridgehead atoms. The molecule has 8 nitrogen and oxygen atoms in total. The summed E-state index contributed by atoms with van der Waals surface area (Å²) < 4.78 is 11.9. The highest BCUT2D eigenvalue weighted by molar-refractivity contribution is 9.09. The van der Waals surface area contributed by atoms with Gasteiger partial charge in [-0.05, 0) is 63.6 Å². The molecule has 1 aromatic carbocycles. The van der Waals surface area contributed by atoms with Gasteiger partial charge < -0.3 is 24.4 Å². The van der Waals surface area contributed by atoms with Gasteiger partial charge >= 0.3 is 5.97 Å². The summed E-state index contributed by atoms with van der Waals surface area (Å²) in [6.07, 6.45) is 3.57. The lowest BCUT2D eigenvalue weighted by Crippen LogP contribution is -2.57. The number of esters is 1. The Morgan fingerprint density at radius 2 is 2.08 bits per heavy atom. The van der Waals surface area contributed by atoms with E-state index in [1.165, 1.54) is 0 Å². The molecule has 202 valence electrons. The fourth-order valence-electron chi connectivity index (χ4n) is 6.32. The first-order chi connectivity index (χ1) is 17.7. The highest BCUT2D eigenvalue weighted by Crippen LogP contribution is 2.60. The largest absolute Gasteiger partial charge is 0.466 e. The molecule has 2 amide bonds. The second-order valence-electron chi connectivity index (χ2n) is 10.3. The van der Waals surface area contributed by atoms with Crippen molar-refractivity contribution in [2.24, 2.45) is 11.8 Å². The number of rotatable bonds is 11. The number of hydrogen-bond acceptors (Lipinski definition) is 6. The molecule has 3 heterocycles. The van der Waals surface area contributed by atoms with Crippen LogP contribution in [0.3, 0.4) is 0 Å². The van der Waals surface area contributed by atoms with Gasteiger partial charge in [0, 0.05) is 30.2 Å². The molecular formula is C28H37BrN2O6. The second kappa shape index (κ2) is 11.3. The summed E-state index contributed by atoms with van der Waals surface area (Å²) in [5, 5.41) is 9.22. The fraction of sp³-hybridized carbons (Fsp3) is 0.607. The Labute approximate surface area is 227 Å². The van der Waals surface area contributed by atoms with Crippen LogP contribution in [0.1, 0.15) is 43.7 Å². The summed E-state index contributed by atoms with van der Waals surface area (Å²) >= 11 is 3.68. The highest BCUT2D eigenvalue weighted by Gasteiger charge is 2.77. The first-order valence-electron chi connectivity index (χ1n) is 13.1. The van der Waals surface area contributed by atoms with E-state index in [1.54, 1.807) is 22.8 Å². The number of carbonyl (C=O) groups is 3. The molecular weight excluding hydrogens is 540 g/mol. The van der Waals surface area contributed by atoms with Crippen LogP contribution >= 0.6 is 15.9 Å². The van der Waals surface area contributed by atoms with Crippen molar-refractivity contribution < 1.29 is 29.0 Å². The monoisotopic (exact) mass is 576 g/mol. The van der Waals surface area contributed by atoms with Crippen molar-refractivity contribution in [3.8, 4) is 0 Å². The van der Waals surface area contributed by atoms with Crippen LogP contribution < -0.4 is 4.90 Å². The molecule has 6 atom stereocenters. The van der Waals surface area contributed by atoms with Gasteiger partial charge in [0.05, 0.1) is 24.5 Å². The fourth-order valence-corrected chi connectivity index (χ4v) is 7.26. The SMILES string of the molecule is C=CCN(C(=O)C1N(CCCCCO)C(=O)[C@@H]2[C@H](C(=O)OCC)[C@H]3OC12CC3Br)c1cc(C)ccc1C. The van der Waals surface area contributed by atoms with E-state index in [1.807, 2.05) is 32.0 Å². The zero-order chi connectivity index (χ0) is 26.9. The van der Waals surface area contributed by atoms with E-state index in [0.717, 1.165) is 23.2 Å². The van der Waals surface area contributed by atoms with E-state index < -0.39 is 35.6 Å². The number of aliphatic hydroxyl groups excluding tert-OH is 1. The zero-order valence-corrected chi connectivity index (χ0v) is 23.4. The van der Waals surface area contributed by atoms with Crippen LogP contribution in [0, 0.1) is 25.7 Å². The van der Waals surface area contributed by atoms with Gasteiger partial charge in [0.2, 0.25) is 5.91 Å². The van der Waals surface area contributed by atoms with Gasteiger partial charge in [0.15, 0.2) is 0 Å². The maximum absolute atomic E-state index is 14.5. The van der Waals surface area contributed by atoms with Crippen LogP contribution in [0.5, 0.6) is 0 Å². The first kappa shape index (κ1) is 27.8. The normalized spacial score (nSPS) is 29.9. The lowest BCUT2D eigenvalue weighted by Gasteiger charge is -2.37. The second-order valence-corrected chi connectivity index (χ2v) is 11.4. The number of ether oxygens (including phenoxy) is 2. The molecule has 0 saturated carbocycles. The minimum Gasteiger partial charge on any atom is -0.466 e. The maximum Gasteiger partial charge on any atom is 0.312 e. The number of halogens is 1. The third-order valence-electron chi connectivity index (χ3n) is 7.87. The number of benzene rings is 1. The van der Waals surface area contributed by atoms with Crippen molar-refractivity contribution in [3.63, 3.8) is 0 Å². The van der Waals surface area contributed by atoms with Gasteiger partial charge in [0.1, 0.15) is 11.6 Å². The Morgan fingerprint density at radius 1 is 1.32 bits per heavy atom. The number of anilines is 1. The number of nitrogens with zero attached hydrogens (tertiary/aromatic N) is 2. The number of aliphatic hydroxyl groups is 1. The van der Waals surface area contributed by atoms with Crippen molar-refractivity contribution >= 4 is 39.4 Å². The molecule has 4 rings (SSSR count). The van der Waals surface area contributed by atoms with Gasteiger partial charge in [-0.15, -0.1) is 6.58 Å². The number of aryl methyl sites for hydroxylation is 2. The smallest absolute Gasteiger partial charge is 0.312 e. The summed E-state index contributed by atoms with van der Waals surface area (Å²) in [5.41, 5.74) is 1.59. The molecule has 1 N–H and O–H groups in total. The summed E-state index contributed by atoms with van der Waals surface area (Å²) in [4.78, 5) is 44.7. The third kappa shape index (κ3) is 4.74. The quantitative estimate of drug-likeness (QED) is 0.188. The summed E-state index contributed by atoms with van der Waals surface area (Å²) in [7, 11) is 0. The first-order valence-corrected chi connectivity index (χ1v) is 14.0.